The minimum atomic E-state index is -0.177. The van der Waals surface area contributed by atoms with E-state index in [-0.39, 0.29) is 5.82 Å². The van der Waals surface area contributed by atoms with E-state index >= 15 is 0 Å². The Labute approximate surface area is 89.6 Å². The largest absolute Gasteiger partial charge is 0.374 e. The highest BCUT2D eigenvalue weighted by molar-refractivity contribution is 5.46. The summed E-state index contributed by atoms with van der Waals surface area (Å²) in [6.45, 7) is 7.67. The van der Waals surface area contributed by atoms with Crippen LogP contribution in [0.5, 0.6) is 0 Å². The zero-order valence-electron chi connectivity index (χ0n) is 8.69. The average molecular weight is 206 g/mol. The van der Waals surface area contributed by atoms with Crippen molar-refractivity contribution >= 4 is 5.69 Å². The Bertz CT molecular complexity index is 326. The van der Waals surface area contributed by atoms with Crippen molar-refractivity contribution in [1.82, 2.24) is 4.90 Å². The van der Waals surface area contributed by atoms with E-state index in [0.29, 0.717) is 0 Å². The second-order valence-corrected chi connectivity index (χ2v) is 3.68. The predicted molar refractivity (Wildman–Crippen MR) is 60.4 cm³/mol. The average Bonchev–Trinajstić information content (AvgIpc) is 2.30. The van der Waals surface area contributed by atoms with Gasteiger partial charge in [-0.25, -0.2) is 4.39 Å². The zero-order valence-corrected chi connectivity index (χ0v) is 8.69. The molecule has 0 bridgehead atoms. The first-order valence-electron chi connectivity index (χ1n) is 5.17. The van der Waals surface area contributed by atoms with Gasteiger partial charge < -0.3 is 9.80 Å². The molecule has 1 heterocycles. The Morgan fingerprint density at radius 3 is 2.20 bits per heavy atom. The van der Waals surface area contributed by atoms with E-state index < -0.39 is 0 Å². The van der Waals surface area contributed by atoms with Gasteiger partial charge in [0.25, 0.3) is 0 Å². The minimum Gasteiger partial charge on any atom is -0.374 e. The number of anilines is 1. The van der Waals surface area contributed by atoms with Crippen LogP contribution in [0.4, 0.5) is 10.1 Å². The first kappa shape index (κ1) is 10.0. The van der Waals surface area contributed by atoms with Crippen LogP contribution in [0, 0.1) is 5.82 Å². The topological polar surface area (TPSA) is 6.48 Å². The third-order valence-electron chi connectivity index (χ3n) is 2.76. The maximum atomic E-state index is 12.7. The third kappa shape index (κ3) is 2.29. The van der Waals surface area contributed by atoms with Crippen LogP contribution in [0.1, 0.15) is 0 Å². The van der Waals surface area contributed by atoms with Crippen molar-refractivity contribution in [3.8, 4) is 0 Å². The van der Waals surface area contributed by atoms with Crippen LogP contribution in [0.15, 0.2) is 37.0 Å². The van der Waals surface area contributed by atoms with Crippen LogP contribution in [0.3, 0.4) is 0 Å². The zero-order chi connectivity index (χ0) is 10.7. The molecule has 0 amide bonds. The lowest BCUT2D eigenvalue weighted by Crippen LogP contribution is -2.43. The Kier molecular flexibility index (Phi) is 2.90. The molecule has 2 nitrogen and oxygen atoms in total. The van der Waals surface area contributed by atoms with Crippen molar-refractivity contribution in [1.29, 1.82) is 0 Å². The summed E-state index contributed by atoms with van der Waals surface area (Å²) in [5, 5.41) is 0. The molecule has 1 aromatic rings. The molecule has 0 unspecified atom stereocenters. The van der Waals surface area contributed by atoms with E-state index in [2.05, 4.69) is 16.4 Å². The van der Waals surface area contributed by atoms with Crippen molar-refractivity contribution in [3.05, 3.63) is 42.9 Å². The maximum absolute atomic E-state index is 12.7. The summed E-state index contributed by atoms with van der Waals surface area (Å²) in [7, 11) is 0. The number of hydrogen-bond acceptors (Lipinski definition) is 2. The Hall–Kier alpha value is -1.51. The lowest BCUT2D eigenvalue weighted by atomic mass is 10.2. The lowest BCUT2D eigenvalue weighted by Gasteiger charge is -2.35. The fraction of sp³-hybridized carbons (Fsp3) is 0.333. The summed E-state index contributed by atoms with van der Waals surface area (Å²) in [5.41, 5.74) is 1.10. The van der Waals surface area contributed by atoms with E-state index in [1.165, 1.54) is 12.1 Å². The molecular formula is C12H15FN2. The van der Waals surface area contributed by atoms with Gasteiger partial charge in [0.15, 0.2) is 0 Å². The molecule has 15 heavy (non-hydrogen) atoms. The fourth-order valence-corrected chi connectivity index (χ4v) is 1.81. The molecule has 1 aliphatic rings. The van der Waals surface area contributed by atoms with Gasteiger partial charge in [0, 0.05) is 31.9 Å². The van der Waals surface area contributed by atoms with Crippen LogP contribution in [0.2, 0.25) is 0 Å². The Morgan fingerprint density at radius 2 is 1.67 bits per heavy atom. The van der Waals surface area contributed by atoms with Crippen molar-refractivity contribution in [2.45, 2.75) is 0 Å². The van der Waals surface area contributed by atoms with Gasteiger partial charge in [-0.2, -0.15) is 0 Å². The van der Waals surface area contributed by atoms with Crippen molar-refractivity contribution < 1.29 is 4.39 Å². The Balaban J connectivity index is 2.01. The van der Waals surface area contributed by atoms with Crippen LogP contribution in [-0.2, 0) is 0 Å². The molecule has 1 aliphatic heterocycles. The number of nitrogens with zero attached hydrogens (tertiary/aromatic N) is 2. The van der Waals surface area contributed by atoms with Crippen molar-refractivity contribution in [3.63, 3.8) is 0 Å². The summed E-state index contributed by atoms with van der Waals surface area (Å²) in [5.74, 6) is -0.177. The summed E-state index contributed by atoms with van der Waals surface area (Å²) in [4.78, 5) is 4.46. The summed E-state index contributed by atoms with van der Waals surface area (Å²) >= 11 is 0. The number of hydrogen-bond donors (Lipinski definition) is 0. The summed E-state index contributed by atoms with van der Waals surface area (Å²) in [6, 6.07) is 6.68. The molecule has 80 valence electrons. The monoisotopic (exact) mass is 206 g/mol. The first-order valence-corrected chi connectivity index (χ1v) is 5.17. The molecule has 1 aromatic carbocycles. The van der Waals surface area contributed by atoms with E-state index in [4.69, 9.17) is 0 Å². The molecule has 0 N–H and O–H groups in total. The number of piperazine rings is 1. The molecule has 1 saturated heterocycles. The Morgan fingerprint density at radius 1 is 1.07 bits per heavy atom. The smallest absolute Gasteiger partial charge is 0.123 e. The molecule has 2 rings (SSSR count). The highest BCUT2D eigenvalue weighted by atomic mass is 19.1. The maximum Gasteiger partial charge on any atom is 0.123 e. The van der Waals surface area contributed by atoms with Gasteiger partial charge in [-0.15, -0.1) is 0 Å². The third-order valence-corrected chi connectivity index (χ3v) is 2.76. The summed E-state index contributed by atoms with van der Waals surface area (Å²) in [6.07, 6.45) is 1.88. The lowest BCUT2D eigenvalue weighted by molar-refractivity contribution is 0.350. The van der Waals surface area contributed by atoms with Gasteiger partial charge in [0.05, 0.1) is 0 Å². The van der Waals surface area contributed by atoms with Crippen molar-refractivity contribution in [2.24, 2.45) is 0 Å². The molecule has 0 radical (unpaired) electrons. The van der Waals surface area contributed by atoms with Gasteiger partial charge in [-0.05, 0) is 30.5 Å². The quantitative estimate of drug-likeness (QED) is 0.731. The highest BCUT2D eigenvalue weighted by Gasteiger charge is 2.14. The number of rotatable bonds is 2. The standard InChI is InChI=1S/C12H15FN2/c1-2-14-7-9-15(10-8-14)12-5-3-11(13)4-6-12/h2-6H,1,7-10H2. The predicted octanol–water partition coefficient (Wildman–Crippen LogP) is 2.09. The number of benzene rings is 1. The van der Waals surface area contributed by atoms with Gasteiger partial charge in [0.2, 0.25) is 0 Å². The summed E-state index contributed by atoms with van der Waals surface area (Å²) < 4.78 is 12.7. The first-order chi connectivity index (χ1) is 7.29. The molecule has 0 spiro atoms. The van der Waals surface area contributed by atoms with Gasteiger partial charge in [-0.3, -0.25) is 0 Å². The molecule has 0 aliphatic carbocycles. The number of halogens is 1. The van der Waals surface area contributed by atoms with Gasteiger partial charge in [-0.1, -0.05) is 6.58 Å². The molecule has 1 fully saturated rings. The van der Waals surface area contributed by atoms with Gasteiger partial charge in [0.1, 0.15) is 5.82 Å². The SMILES string of the molecule is C=CN1CCN(c2ccc(F)cc2)CC1. The van der Waals surface area contributed by atoms with Crippen molar-refractivity contribution in [2.75, 3.05) is 31.1 Å². The van der Waals surface area contributed by atoms with Gasteiger partial charge >= 0.3 is 0 Å². The fourth-order valence-electron chi connectivity index (χ4n) is 1.81. The normalized spacial score (nSPS) is 16.6. The van der Waals surface area contributed by atoms with E-state index in [0.717, 1.165) is 31.9 Å². The van der Waals surface area contributed by atoms with E-state index in [9.17, 15) is 4.39 Å². The molecule has 0 aromatic heterocycles. The van der Waals surface area contributed by atoms with E-state index in [1.807, 2.05) is 18.3 Å². The van der Waals surface area contributed by atoms with Crippen LogP contribution >= 0.6 is 0 Å². The molecule has 3 heteroatoms. The molecule has 0 saturated carbocycles. The van der Waals surface area contributed by atoms with Crippen LogP contribution in [0.25, 0.3) is 0 Å². The molecule has 0 atom stereocenters. The van der Waals surface area contributed by atoms with Crippen LogP contribution < -0.4 is 4.90 Å². The minimum absolute atomic E-state index is 0.177. The second kappa shape index (κ2) is 4.34. The van der Waals surface area contributed by atoms with E-state index in [1.54, 1.807) is 0 Å². The second-order valence-electron chi connectivity index (χ2n) is 3.68. The highest BCUT2D eigenvalue weighted by Crippen LogP contribution is 2.16. The molecular weight excluding hydrogens is 191 g/mol. The van der Waals surface area contributed by atoms with Crippen LogP contribution in [-0.4, -0.2) is 31.1 Å².